The molecule has 2 aromatic rings. The minimum absolute atomic E-state index is 0.0574. The average Bonchev–Trinajstić information content (AvgIpc) is 2.82. The molecular weight excluding hydrogens is 454 g/mol. The van der Waals surface area contributed by atoms with Crippen molar-refractivity contribution in [2.24, 2.45) is 0 Å². The molecule has 4 rings (SSSR count). The van der Waals surface area contributed by atoms with Gasteiger partial charge in [-0.3, -0.25) is 9.69 Å². The third kappa shape index (κ3) is 5.26. The highest BCUT2D eigenvalue weighted by atomic mass is 32.2. The Hall–Kier alpha value is -2.76. The first-order valence-electron chi connectivity index (χ1n) is 10.7. The lowest BCUT2D eigenvalue weighted by molar-refractivity contribution is -0.133. The Morgan fingerprint density at radius 1 is 0.848 bits per heavy atom. The number of amides is 1. The molecule has 0 radical (unpaired) electrons. The number of phenols is 1. The van der Waals surface area contributed by atoms with Crippen LogP contribution in [0.25, 0.3) is 0 Å². The van der Waals surface area contributed by atoms with E-state index < -0.39 is 21.7 Å². The van der Waals surface area contributed by atoms with Gasteiger partial charge in [0.05, 0.1) is 11.4 Å². The van der Waals surface area contributed by atoms with Gasteiger partial charge in [0.15, 0.2) is 11.6 Å². The average molecular weight is 481 g/mol. The van der Waals surface area contributed by atoms with Gasteiger partial charge in [-0.1, -0.05) is 0 Å². The molecule has 0 atom stereocenters. The Balaban J connectivity index is 1.26. The number of nitrogens with zero attached hydrogens (tertiary/aromatic N) is 4. The van der Waals surface area contributed by atoms with Crippen LogP contribution in [0.15, 0.2) is 47.4 Å². The van der Waals surface area contributed by atoms with Gasteiger partial charge in [0.2, 0.25) is 15.9 Å². The predicted octanol–water partition coefficient (Wildman–Crippen LogP) is 1.33. The molecule has 1 N–H and O–H groups in total. The van der Waals surface area contributed by atoms with Gasteiger partial charge >= 0.3 is 0 Å². The van der Waals surface area contributed by atoms with Crippen LogP contribution in [0.4, 0.5) is 14.5 Å². The molecule has 8 nitrogen and oxygen atoms in total. The predicted molar refractivity (Wildman–Crippen MR) is 118 cm³/mol. The molecule has 0 aromatic heterocycles. The maximum absolute atomic E-state index is 13.5. The molecule has 0 saturated carbocycles. The molecule has 2 aliphatic heterocycles. The van der Waals surface area contributed by atoms with Crippen LogP contribution >= 0.6 is 0 Å². The summed E-state index contributed by atoms with van der Waals surface area (Å²) in [6.45, 7) is 3.91. The number of carbonyl (C=O) groups is 1. The molecule has 2 aliphatic rings. The fraction of sp³-hybridized carbons (Fsp3) is 0.409. The second kappa shape index (κ2) is 9.62. The molecule has 0 bridgehead atoms. The van der Waals surface area contributed by atoms with E-state index in [1.54, 1.807) is 17.0 Å². The van der Waals surface area contributed by atoms with Gasteiger partial charge in [0.1, 0.15) is 5.75 Å². The summed E-state index contributed by atoms with van der Waals surface area (Å²) in [7, 11) is -3.96. The van der Waals surface area contributed by atoms with Crippen LogP contribution in [0, 0.1) is 11.6 Å². The molecule has 2 heterocycles. The summed E-state index contributed by atoms with van der Waals surface area (Å²) in [6, 6.07) is 9.55. The standard InChI is InChI=1S/C22H26F2N4O4S/c23-20-6-5-19(15-21(20)24)33(31,32)28-13-11-27(12-14-28)22(30)16-25-7-9-26(10-8-25)17-1-3-18(29)4-2-17/h1-6,15,29H,7-14,16H2. The second-order valence-electron chi connectivity index (χ2n) is 8.14. The lowest BCUT2D eigenvalue weighted by atomic mass is 10.2. The van der Waals surface area contributed by atoms with E-state index in [1.165, 1.54) is 4.31 Å². The minimum atomic E-state index is -3.96. The molecule has 0 unspecified atom stereocenters. The van der Waals surface area contributed by atoms with Crippen molar-refractivity contribution >= 4 is 21.6 Å². The van der Waals surface area contributed by atoms with E-state index in [0.29, 0.717) is 6.07 Å². The van der Waals surface area contributed by atoms with E-state index in [0.717, 1.165) is 44.0 Å². The summed E-state index contributed by atoms with van der Waals surface area (Å²) in [5, 5.41) is 9.43. The number of halogens is 2. The van der Waals surface area contributed by atoms with Crippen molar-refractivity contribution in [2.75, 3.05) is 63.8 Å². The van der Waals surface area contributed by atoms with E-state index in [1.807, 2.05) is 12.1 Å². The number of rotatable bonds is 5. The topological polar surface area (TPSA) is 84.4 Å². The molecule has 178 valence electrons. The first-order chi connectivity index (χ1) is 15.7. The van der Waals surface area contributed by atoms with Crippen molar-refractivity contribution in [3.63, 3.8) is 0 Å². The fourth-order valence-corrected chi connectivity index (χ4v) is 5.52. The number of carbonyl (C=O) groups excluding carboxylic acids is 1. The van der Waals surface area contributed by atoms with Crippen molar-refractivity contribution in [1.82, 2.24) is 14.1 Å². The SMILES string of the molecule is O=C(CN1CCN(c2ccc(O)cc2)CC1)N1CCN(S(=O)(=O)c2ccc(F)c(F)c2)CC1. The lowest BCUT2D eigenvalue weighted by Gasteiger charge is -2.38. The number of benzene rings is 2. The van der Waals surface area contributed by atoms with Crippen LogP contribution in [0.2, 0.25) is 0 Å². The first-order valence-corrected chi connectivity index (χ1v) is 12.2. The van der Waals surface area contributed by atoms with E-state index in [2.05, 4.69) is 9.80 Å². The van der Waals surface area contributed by atoms with Crippen molar-refractivity contribution in [2.45, 2.75) is 4.90 Å². The van der Waals surface area contributed by atoms with Gasteiger partial charge in [0.25, 0.3) is 0 Å². The van der Waals surface area contributed by atoms with Gasteiger partial charge in [-0.15, -0.1) is 0 Å². The van der Waals surface area contributed by atoms with Crippen molar-refractivity contribution in [3.8, 4) is 5.75 Å². The van der Waals surface area contributed by atoms with Gasteiger partial charge in [-0.25, -0.2) is 17.2 Å². The van der Waals surface area contributed by atoms with Crippen molar-refractivity contribution < 1.29 is 27.1 Å². The van der Waals surface area contributed by atoms with Gasteiger partial charge in [-0.05, 0) is 42.5 Å². The van der Waals surface area contributed by atoms with E-state index >= 15 is 0 Å². The number of hydrogen-bond donors (Lipinski definition) is 1. The number of sulfonamides is 1. The zero-order valence-corrected chi connectivity index (χ0v) is 18.8. The molecule has 11 heteroatoms. The Labute approximate surface area is 191 Å². The van der Waals surface area contributed by atoms with Crippen molar-refractivity contribution in [1.29, 1.82) is 0 Å². The van der Waals surface area contributed by atoms with Gasteiger partial charge in [-0.2, -0.15) is 4.31 Å². The van der Waals surface area contributed by atoms with Crippen LogP contribution in [0.1, 0.15) is 0 Å². The highest BCUT2D eigenvalue weighted by Gasteiger charge is 2.31. The van der Waals surface area contributed by atoms with Crippen LogP contribution in [-0.4, -0.2) is 92.4 Å². The summed E-state index contributed by atoms with van der Waals surface area (Å²) in [5.74, 6) is -2.15. The highest BCUT2D eigenvalue weighted by Crippen LogP contribution is 2.21. The zero-order chi connectivity index (χ0) is 23.6. The third-order valence-corrected chi connectivity index (χ3v) is 7.96. The summed E-state index contributed by atoms with van der Waals surface area (Å²) < 4.78 is 53.2. The number of hydrogen-bond acceptors (Lipinski definition) is 6. The molecule has 2 saturated heterocycles. The first kappa shape index (κ1) is 23.4. The summed E-state index contributed by atoms with van der Waals surface area (Å²) in [4.78, 5) is 18.4. The van der Waals surface area contributed by atoms with Gasteiger partial charge in [0, 0.05) is 58.0 Å². The molecular formula is C22H26F2N4O4S. The molecule has 0 spiro atoms. The Kier molecular flexibility index (Phi) is 6.82. The molecule has 0 aliphatic carbocycles. The Morgan fingerprint density at radius 2 is 1.48 bits per heavy atom. The Morgan fingerprint density at radius 3 is 2.09 bits per heavy atom. The monoisotopic (exact) mass is 480 g/mol. The zero-order valence-electron chi connectivity index (χ0n) is 18.0. The van der Waals surface area contributed by atoms with Gasteiger partial charge < -0.3 is 14.9 Å². The van der Waals surface area contributed by atoms with Crippen LogP contribution in [-0.2, 0) is 14.8 Å². The number of aromatic hydroxyl groups is 1. The van der Waals surface area contributed by atoms with E-state index in [-0.39, 0.29) is 49.3 Å². The van der Waals surface area contributed by atoms with E-state index in [4.69, 9.17) is 0 Å². The molecule has 1 amide bonds. The smallest absolute Gasteiger partial charge is 0.243 e. The lowest BCUT2D eigenvalue weighted by Crippen LogP contribution is -2.54. The van der Waals surface area contributed by atoms with E-state index in [9.17, 15) is 27.1 Å². The second-order valence-corrected chi connectivity index (χ2v) is 10.1. The number of piperazine rings is 2. The molecule has 33 heavy (non-hydrogen) atoms. The quantitative estimate of drug-likeness (QED) is 0.695. The number of anilines is 1. The highest BCUT2D eigenvalue weighted by molar-refractivity contribution is 7.89. The summed E-state index contributed by atoms with van der Waals surface area (Å²) >= 11 is 0. The third-order valence-electron chi connectivity index (χ3n) is 6.07. The minimum Gasteiger partial charge on any atom is -0.508 e. The molecule has 2 fully saturated rings. The van der Waals surface area contributed by atoms with Crippen LogP contribution < -0.4 is 4.90 Å². The van der Waals surface area contributed by atoms with Crippen LogP contribution in [0.5, 0.6) is 5.75 Å². The Bertz CT molecular complexity index is 1100. The number of phenolic OH excluding ortho intramolecular Hbond substituents is 1. The largest absolute Gasteiger partial charge is 0.508 e. The molecule has 2 aromatic carbocycles. The van der Waals surface area contributed by atoms with Crippen LogP contribution in [0.3, 0.4) is 0 Å². The normalized spacial score (nSPS) is 18.5. The maximum atomic E-state index is 13.5. The van der Waals surface area contributed by atoms with Crippen molar-refractivity contribution in [3.05, 3.63) is 54.1 Å². The maximum Gasteiger partial charge on any atom is 0.243 e. The summed E-state index contributed by atoms with van der Waals surface area (Å²) in [5.41, 5.74) is 1.03. The summed E-state index contributed by atoms with van der Waals surface area (Å²) in [6.07, 6.45) is 0. The fourth-order valence-electron chi connectivity index (χ4n) is 4.08.